The third-order valence-electron chi connectivity index (χ3n) is 8.45. The lowest BCUT2D eigenvalue weighted by molar-refractivity contribution is -0.153. The van der Waals surface area contributed by atoms with Gasteiger partial charge in [0.25, 0.3) is 5.56 Å². The number of allylic oxidation sites excluding steroid dienone is 1. The van der Waals surface area contributed by atoms with Crippen LogP contribution in [0.15, 0.2) is 45.7 Å². The molecule has 3 unspecified atom stereocenters. The van der Waals surface area contributed by atoms with E-state index in [1.165, 1.54) is 16.8 Å². The summed E-state index contributed by atoms with van der Waals surface area (Å²) in [6, 6.07) is 0.661. The summed E-state index contributed by atoms with van der Waals surface area (Å²) >= 11 is 0. The molecular formula is C24H32N2O6. The second kappa shape index (κ2) is 8.15. The Morgan fingerprint density at radius 1 is 1.31 bits per heavy atom. The van der Waals surface area contributed by atoms with E-state index in [1.54, 1.807) is 6.08 Å². The monoisotopic (exact) mass is 444 g/mol. The van der Waals surface area contributed by atoms with E-state index in [4.69, 9.17) is 4.74 Å². The van der Waals surface area contributed by atoms with Gasteiger partial charge >= 0.3 is 11.7 Å². The lowest BCUT2D eigenvalue weighted by Gasteiger charge is -2.60. The number of hydrogen-bond acceptors (Lipinski definition) is 6. The highest BCUT2D eigenvalue weighted by atomic mass is 16.5. The van der Waals surface area contributed by atoms with E-state index < -0.39 is 34.8 Å². The van der Waals surface area contributed by atoms with Crippen molar-refractivity contribution >= 4 is 5.97 Å². The number of nitrogens with one attached hydrogen (secondary N) is 1. The van der Waals surface area contributed by atoms with Gasteiger partial charge in [0.1, 0.15) is 6.61 Å². The standard InChI is InChI=1S/C24H32N2O6/c1-14-4-5-18-23(2,9-6-19(28)24(18,3)13-27)16(14)12-17(15-8-11-32-21(15)30)26-10-7-20(29)25-22(26)31/h7-8,10,16-19,27-28H,1,4-6,9,11-13H2,2-3H3,(H,25,29,31)/t16-,17?,18?,19?,23+,24-/m0/s1. The van der Waals surface area contributed by atoms with Crippen LogP contribution in [0.25, 0.3) is 0 Å². The quantitative estimate of drug-likeness (QED) is 0.469. The summed E-state index contributed by atoms with van der Waals surface area (Å²) in [7, 11) is 0. The molecule has 8 heteroatoms. The van der Waals surface area contributed by atoms with Crippen molar-refractivity contribution in [2.75, 3.05) is 13.2 Å². The molecule has 8 nitrogen and oxygen atoms in total. The number of cyclic esters (lactones) is 1. The lowest BCUT2D eigenvalue weighted by atomic mass is 9.46. The Labute approximate surface area is 186 Å². The minimum atomic E-state index is -0.623. The van der Waals surface area contributed by atoms with E-state index in [1.807, 2.05) is 6.92 Å². The molecule has 1 aromatic heterocycles. The first-order valence-corrected chi connectivity index (χ1v) is 11.3. The van der Waals surface area contributed by atoms with Crippen LogP contribution in [-0.4, -0.2) is 45.1 Å². The van der Waals surface area contributed by atoms with E-state index in [9.17, 15) is 24.6 Å². The van der Waals surface area contributed by atoms with Gasteiger partial charge in [0.15, 0.2) is 0 Å². The number of aliphatic hydroxyl groups is 2. The number of aliphatic hydroxyl groups excluding tert-OH is 2. The predicted molar refractivity (Wildman–Crippen MR) is 118 cm³/mol. The summed E-state index contributed by atoms with van der Waals surface area (Å²) < 4.78 is 6.53. The highest BCUT2D eigenvalue weighted by molar-refractivity contribution is 5.91. The van der Waals surface area contributed by atoms with Gasteiger partial charge in [-0.15, -0.1) is 0 Å². The molecule has 3 aliphatic rings. The van der Waals surface area contributed by atoms with Gasteiger partial charge in [-0.3, -0.25) is 14.3 Å². The van der Waals surface area contributed by atoms with Gasteiger partial charge in [0.05, 0.1) is 24.3 Å². The Morgan fingerprint density at radius 2 is 2.06 bits per heavy atom. The molecule has 0 radical (unpaired) electrons. The highest BCUT2D eigenvalue weighted by Gasteiger charge is 2.58. The van der Waals surface area contributed by atoms with Crippen LogP contribution in [-0.2, 0) is 9.53 Å². The van der Waals surface area contributed by atoms with Crippen molar-refractivity contribution in [3.8, 4) is 0 Å². The average Bonchev–Trinajstić information content (AvgIpc) is 3.17. The second-order valence-corrected chi connectivity index (χ2v) is 10.1. The minimum Gasteiger partial charge on any atom is -0.458 e. The molecule has 32 heavy (non-hydrogen) atoms. The summed E-state index contributed by atoms with van der Waals surface area (Å²) in [5, 5.41) is 21.0. The van der Waals surface area contributed by atoms with E-state index >= 15 is 0 Å². The SMILES string of the molecule is C=C1CCC2[C@](C)(CO)C(O)CC[C@]2(C)[C@H]1CC(C1=CCOC1=O)n1ccc(=O)[nH]c1=O. The van der Waals surface area contributed by atoms with Crippen molar-refractivity contribution in [1.82, 2.24) is 9.55 Å². The third kappa shape index (κ3) is 3.49. The van der Waals surface area contributed by atoms with Crippen molar-refractivity contribution in [3.63, 3.8) is 0 Å². The summed E-state index contributed by atoms with van der Waals surface area (Å²) in [5.41, 5.74) is -0.512. The molecule has 0 aromatic carbocycles. The molecule has 4 rings (SSSR count). The number of rotatable bonds is 5. The number of aromatic nitrogens is 2. The van der Waals surface area contributed by atoms with Crippen LogP contribution in [0, 0.1) is 22.7 Å². The molecule has 2 heterocycles. The number of ether oxygens (including phenoxy) is 1. The Hall–Kier alpha value is -2.45. The molecule has 1 aromatic rings. The van der Waals surface area contributed by atoms with Crippen LogP contribution in [0.4, 0.5) is 0 Å². The van der Waals surface area contributed by atoms with Crippen LogP contribution in [0.5, 0.6) is 0 Å². The minimum absolute atomic E-state index is 0.0437. The van der Waals surface area contributed by atoms with Crippen molar-refractivity contribution < 1.29 is 19.7 Å². The Kier molecular flexibility index (Phi) is 5.79. The van der Waals surface area contributed by atoms with Crippen LogP contribution >= 0.6 is 0 Å². The maximum atomic E-state index is 12.7. The van der Waals surface area contributed by atoms with E-state index in [0.717, 1.165) is 24.8 Å². The number of H-pyrrole nitrogens is 1. The molecule has 3 N–H and O–H groups in total. The Bertz CT molecular complexity index is 1070. The fourth-order valence-electron chi connectivity index (χ4n) is 6.57. The maximum Gasteiger partial charge on any atom is 0.336 e. The van der Waals surface area contributed by atoms with Gasteiger partial charge in [-0.05, 0) is 55.4 Å². The van der Waals surface area contributed by atoms with Gasteiger partial charge in [-0.2, -0.15) is 0 Å². The van der Waals surface area contributed by atoms with E-state index in [0.29, 0.717) is 18.4 Å². The molecule has 2 fully saturated rings. The van der Waals surface area contributed by atoms with Gasteiger partial charge in [-0.25, -0.2) is 9.59 Å². The van der Waals surface area contributed by atoms with E-state index in [-0.39, 0.29) is 30.5 Å². The molecule has 0 spiro atoms. The molecule has 6 atom stereocenters. The van der Waals surface area contributed by atoms with E-state index in [2.05, 4.69) is 18.5 Å². The zero-order valence-electron chi connectivity index (χ0n) is 18.7. The predicted octanol–water partition coefficient (Wildman–Crippen LogP) is 1.69. The molecule has 0 amide bonds. The molecule has 2 saturated carbocycles. The number of carbonyl (C=O) groups excluding carboxylic acids is 1. The summed E-state index contributed by atoms with van der Waals surface area (Å²) in [6.07, 6.45) is 5.89. The Balaban J connectivity index is 1.77. The summed E-state index contributed by atoms with van der Waals surface area (Å²) in [5.74, 6) is -0.440. The topological polar surface area (TPSA) is 122 Å². The number of fused-ring (bicyclic) bond motifs is 1. The summed E-state index contributed by atoms with van der Waals surface area (Å²) in [6.45, 7) is 8.53. The first kappa shape index (κ1) is 22.7. The normalized spacial score (nSPS) is 35.8. The number of nitrogens with zero attached hydrogens (tertiary/aromatic N) is 1. The summed E-state index contributed by atoms with van der Waals surface area (Å²) in [4.78, 5) is 39.1. The first-order chi connectivity index (χ1) is 15.1. The number of esters is 1. The molecule has 0 saturated heterocycles. The zero-order valence-corrected chi connectivity index (χ0v) is 18.7. The van der Waals surface area contributed by atoms with Crippen LogP contribution < -0.4 is 11.2 Å². The molecule has 174 valence electrons. The Morgan fingerprint density at radius 3 is 2.69 bits per heavy atom. The lowest BCUT2D eigenvalue weighted by Crippen LogP contribution is -2.57. The van der Waals surface area contributed by atoms with Crippen LogP contribution in [0.3, 0.4) is 0 Å². The maximum absolute atomic E-state index is 12.7. The molecule has 0 bridgehead atoms. The molecular weight excluding hydrogens is 412 g/mol. The largest absolute Gasteiger partial charge is 0.458 e. The van der Waals surface area contributed by atoms with Crippen molar-refractivity contribution in [3.05, 3.63) is 56.9 Å². The smallest absolute Gasteiger partial charge is 0.336 e. The third-order valence-corrected chi connectivity index (χ3v) is 8.45. The number of hydrogen-bond donors (Lipinski definition) is 3. The van der Waals surface area contributed by atoms with Gasteiger partial charge in [-0.1, -0.05) is 26.0 Å². The first-order valence-electron chi connectivity index (χ1n) is 11.3. The van der Waals surface area contributed by atoms with Crippen molar-refractivity contribution in [2.24, 2.45) is 22.7 Å². The second-order valence-electron chi connectivity index (χ2n) is 10.1. The fraction of sp³-hybridized carbons (Fsp3) is 0.625. The highest BCUT2D eigenvalue weighted by Crippen LogP contribution is 2.62. The van der Waals surface area contributed by atoms with Crippen molar-refractivity contribution in [1.29, 1.82) is 0 Å². The van der Waals surface area contributed by atoms with Crippen molar-refractivity contribution in [2.45, 2.75) is 58.1 Å². The van der Waals surface area contributed by atoms with Crippen LogP contribution in [0.1, 0.15) is 52.0 Å². The van der Waals surface area contributed by atoms with Gasteiger partial charge < -0.3 is 14.9 Å². The van der Waals surface area contributed by atoms with Crippen LogP contribution in [0.2, 0.25) is 0 Å². The number of carbonyl (C=O) groups is 1. The molecule has 2 aliphatic carbocycles. The fourth-order valence-corrected chi connectivity index (χ4v) is 6.57. The average molecular weight is 445 g/mol. The molecule has 1 aliphatic heterocycles. The zero-order chi connectivity index (χ0) is 23.3. The van der Waals surface area contributed by atoms with Gasteiger partial charge in [0.2, 0.25) is 0 Å². The number of aromatic amines is 1. The van der Waals surface area contributed by atoms with Gasteiger partial charge in [0, 0.05) is 17.7 Å².